The Kier molecular flexibility index (Phi) is 8.29. The van der Waals surface area contributed by atoms with E-state index >= 15 is 0 Å². The van der Waals surface area contributed by atoms with Crippen molar-refractivity contribution in [3.63, 3.8) is 0 Å². The number of thiophene rings is 1. The topological polar surface area (TPSA) is 100.0 Å². The van der Waals surface area contributed by atoms with Crippen LogP contribution in [0.4, 0.5) is 5.69 Å². The van der Waals surface area contributed by atoms with Gasteiger partial charge >= 0.3 is 5.97 Å². The van der Waals surface area contributed by atoms with Gasteiger partial charge < -0.3 is 19.8 Å². The molecule has 2 N–H and O–H groups in total. The number of ether oxygens (including phenoxy) is 1. The lowest BCUT2D eigenvalue weighted by molar-refractivity contribution is -0.124. The summed E-state index contributed by atoms with van der Waals surface area (Å²) >= 11 is 1.27. The molecule has 2 aromatic heterocycles. The molecule has 2 heterocycles. The Balaban J connectivity index is 1.58. The van der Waals surface area contributed by atoms with Gasteiger partial charge in [0.1, 0.15) is 17.2 Å². The van der Waals surface area contributed by atoms with Crippen LogP contribution in [0, 0.1) is 11.8 Å². The summed E-state index contributed by atoms with van der Waals surface area (Å²) in [6.45, 7) is 8.57. The van der Waals surface area contributed by atoms with E-state index in [2.05, 4.69) is 32.7 Å². The summed E-state index contributed by atoms with van der Waals surface area (Å²) in [5, 5.41) is 21.3. The normalized spacial score (nSPS) is 26.5. The number of aromatic carboxylic acids is 1. The number of nitrogens with zero attached hydrogens (tertiary/aromatic N) is 2. The van der Waals surface area contributed by atoms with E-state index in [1.165, 1.54) is 11.3 Å². The molecule has 0 bridgehead atoms. The highest BCUT2D eigenvalue weighted by Gasteiger charge is 2.41. The number of carbonyl (C=O) groups excluding carboxylic acids is 1. The number of amides is 1. The van der Waals surface area contributed by atoms with E-state index in [0.717, 1.165) is 30.6 Å². The third-order valence-electron chi connectivity index (χ3n) is 7.90. The number of anilines is 1. The minimum atomic E-state index is -0.998. The second-order valence-corrected chi connectivity index (χ2v) is 13.0. The molecule has 0 aliphatic heterocycles. The van der Waals surface area contributed by atoms with Gasteiger partial charge in [0.2, 0.25) is 5.91 Å². The fraction of sp³-hybridized carbons (Fsp3) is 0.621. The van der Waals surface area contributed by atoms with Gasteiger partial charge in [0.05, 0.1) is 17.5 Å². The number of aromatic nitrogens is 1. The maximum absolute atomic E-state index is 14.1. The second kappa shape index (κ2) is 11.1. The molecule has 2 aliphatic rings. The first-order valence-electron chi connectivity index (χ1n) is 13.4. The molecule has 0 atom stereocenters. The van der Waals surface area contributed by atoms with Crippen LogP contribution in [-0.2, 0) is 10.2 Å². The highest BCUT2D eigenvalue weighted by molar-refractivity contribution is 7.14. The third-order valence-corrected chi connectivity index (χ3v) is 9.44. The average Bonchev–Trinajstić information content (AvgIpc) is 3.31. The van der Waals surface area contributed by atoms with Crippen molar-refractivity contribution in [2.24, 2.45) is 11.8 Å². The van der Waals surface area contributed by atoms with E-state index in [-0.39, 0.29) is 34.8 Å². The van der Waals surface area contributed by atoms with Crippen LogP contribution >= 0.6 is 11.3 Å². The van der Waals surface area contributed by atoms with Crippen molar-refractivity contribution < 1.29 is 24.5 Å². The van der Waals surface area contributed by atoms with Crippen LogP contribution in [0.2, 0.25) is 0 Å². The van der Waals surface area contributed by atoms with E-state index < -0.39 is 11.6 Å². The molecule has 2 saturated carbocycles. The summed E-state index contributed by atoms with van der Waals surface area (Å²) in [5.41, 5.74) is -0.700. The first-order chi connectivity index (χ1) is 17.5. The summed E-state index contributed by atoms with van der Waals surface area (Å²) in [7, 11) is 0. The summed E-state index contributed by atoms with van der Waals surface area (Å²) in [6.07, 6.45) is 9.12. The van der Waals surface area contributed by atoms with Crippen molar-refractivity contribution >= 4 is 28.9 Å². The van der Waals surface area contributed by atoms with E-state index in [1.54, 1.807) is 23.4 Å². The zero-order valence-electron chi connectivity index (χ0n) is 22.4. The third kappa shape index (κ3) is 6.52. The summed E-state index contributed by atoms with van der Waals surface area (Å²) in [4.78, 5) is 33.4. The Morgan fingerprint density at radius 3 is 2.41 bits per heavy atom. The Bertz CT molecular complexity index is 1080. The molecule has 202 valence electrons. The fourth-order valence-electron chi connectivity index (χ4n) is 5.47. The number of carboxylic acids is 1. The molecule has 0 saturated heterocycles. The molecule has 2 aliphatic carbocycles. The number of pyridine rings is 1. The van der Waals surface area contributed by atoms with E-state index in [1.807, 2.05) is 12.1 Å². The van der Waals surface area contributed by atoms with Gasteiger partial charge in [-0.3, -0.25) is 9.78 Å². The lowest BCUT2D eigenvalue weighted by Crippen LogP contribution is -2.50. The number of aliphatic hydroxyl groups is 1. The number of hydrogen-bond donors (Lipinski definition) is 2. The van der Waals surface area contributed by atoms with Gasteiger partial charge in [-0.15, -0.1) is 11.3 Å². The van der Waals surface area contributed by atoms with Crippen LogP contribution in [0.5, 0.6) is 5.75 Å². The largest absolute Gasteiger partial charge is 0.489 e. The molecule has 37 heavy (non-hydrogen) atoms. The number of carboxylic acid groups (broad SMARTS) is 1. The highest BCUT2D eigenvalue weighted by atomic mass is 32.1. The maximum Gasteiger partial charge on any atom is 0.348 e. The first-order valence-corrected chi connectivity index (χ1v) is 14.2. The minimum Gasteiger partial charge on any atom is -0.489 e. The van der Waals surface area contributed by atoms with Gasteiger partial charge in [-0.2, -0.15) is 0 Å². The Morgan fingerprint density at radius 1 is 1.16 bits per heavy atom. The molecular formula is C29H40N2O5S. The molecule has 0 spiro atoms. The first kappa shape index (κ1) is 27.6. The quantitative estimate of drug-likeness (QED) is 0.454. The predicted octanol–water partition coefficient (Wildman–Crippen LogP) is 6.05. The number of rotatable bonds is 7. The standard InChI is InChI=1S/C29H40N2O5S/c1-19-7-9-20(10-8-19)26(32)31(23-16-24(28(2,3)4)37-25(23)27(33)34)21-11-13-29(35,14-12-21)18-36-22-6-5-15-30-17-22/h5-6,15-17,19-21,35H,7-14,18H2,1-4H3,(H,33,34). The summed E-state index contributed by atoms with van der Waals surface area (Å²) in [6, 6.07) is 5.36. The lowest BCUT2D eigenvalue weighted by Gasteiger charge is -2.42. The number of hydrogen-bond acceptors (Lipinski definition) is 6. The summed E-state index contributed by atoms with van der Waals surface area (Å²) < 4.78 is 5.80. The molecule has 0 aromatic carbocycles. The van der Waals surface area contributed by atoms with Crippen LogP contribution in [-0.4, -0.2) is 45.3 Å². The summed E-state index contributed by atoms with van der Waals surface area (Å²) in [5.74, 6) is 0.175. The van der Waals surface area contributed by atoms with Crippen molar-refractivity contribution in [3.05, 3.63) is 40.3 Å². The zero-order chi connectivity index (χ0) is 26.8. The van der Waals surface area contributed by atoms with Crippen LogP contribution in [0.3, 0.4) is 0 Å². The van der Waals surface area contributed by atoms with Crippen LogP contribution < -0.4 is 9.64 Å². The van der Waals surface area contributed by atoms with Gasteiger partial charge in [0.25, 0.3) is 0 Å². The van der Waals surface area contributed by atoms with Crippen molar-refractivity contribution in [1.82, 2.24) is 4.98 Å². The molecule has 2 fully saturated rings. The fourth-order valence-corrected chi connectivity index (χ4v) is 6.52. The SMILES string of the molecule is CC1CCC(C(=O)N(c2cc(C(C)(C)C)sc2C(=O)O)C2CCC(O)(COc3cccnc3)CC2)CC1. The van der Waals surface area contributed by atoms with E-state index in [4.69, 9.17) is 4.74 Å². The molecule has 7 nitrogen and oxygen atoms in total. The minimum absolute atomic E-state index is 0.0368. The van der Waals surface area contributed by atoms with Gasteiger partial charge in [-0.25, -0.2) is 4.79 Å². The molecule has 1 amide bonds. The van der Waals surface area contributed by atoms with E-state index in [0.29, 0.717) is 43.0 Å². The molecule has 8 heteroatoms. The van der Waals surface area contributed by atoms with Crippen molar-refractivity contribution in [2.45, 2.75) is 96.1 Å². The van der Waals surface area contributed by atoms with Gasteiger partial charge in [-0.05, 0) is 80.9 Å². The van der Waals surface area contributed by atoms with Crippen molar-refractivity contribution in [3.8, 4) is 5.75 Å². The molecule has 2 aromatic rings. The number of carbonyl (C=O) groups is 2. The van der Waals surface area contributed by atoms with Crippen LogP contribution in [0.1, 0.15) is 93.6 Å². The maximum atomic E-state index is 14.1. The molecular weight excluding hydrogens is 488 g/mol. The Labute approximate surface area is 223 Å². The average molecular weight is 529 g/mol. The molecule has 4 rings (SSSR count). The van der Waals surface area contributed by atoms with E-state index in [9.17, 15) is 19.8 Å². The highest BCUT2D eigenvalue weighted by Crippen LogP contribution is 2.42. The predicted molar refractivity (Wildman–Crippen MR) is 146 cm³/mol. The lowest BCUT2D eigenvalue weighted by atomic mass is 9.79. The van der Waals surface area contributed by atoms with Gasteiger partial charge in [0.15, 0.2) is 0 Å². The van der Waals surface area contributed by atoms with Gasteiger partial charge in [-0.1, -0.05) is 27.7 Å². The second-order valence-electron chi connectivity index (χ2n) is 12.0. The Hall–Kier alpha value is -2.45. The molecule has 0 radical (unpaired) electrons. The van der Waals surface area contributed by atoms with Crippen LogP contribution in [0.15, 0.2) is 30.6 Å². The zero-order valence-corrected chi connectivity index (χ0v) is 23.2. The molecule has 0 unspecified atom stereocenters. The van der Waals surface area contributed by atoms with Crippen molar-refractivity contribution in [2.75, 3.05) is 11.5 Å². The van der Waals surface area contributed by atoms with Gasteiger partial charge in [0, 0.05) is 23.0 Å². The van der Waals surface area contributed by atoms with Crippen LogP contribution in [0.25, 0.3) is 0 Å². The smallest absolute Gasteiger partial charge is 0.348 e. The Morgan fingerprint density at radius 2 is 1.84 bits per heavy atom. The monoisotopic (exact) mass is 528 g/mol. The van der Waals surface area contributed by atoms with Crippen molar-refractivity contribution in [1.29, 1.82) is 0 Å².